The number of hydrogen-bond donors (Lipinski definition) is 3. The molecule has 0 saturated carbocycles. The molecule has 0 aliphatic heterocycles. The van der Waals surface area contributed by atoms with E-state index in [1.54, 1.807) is 0 Å². The zero-order valence-corrected chi connectivity index (χ0v) is 10.9. The quantitative estimate of drug-likeness (QED) is 0.742. The van der Waals surface area contributed by atoms with Gasteiger partial charge in [0.05, 0.1) is 5.56 Å². The van der Waals surface area contributed by atoms with E-state index in [2.05, 4.69) is 5.32 Å². The third-order valence-electron chi connectivity index (χ3n) is 2.76. The third kappa shape index (κ3) is 5.18. The van der Waals surface area contributed by atoms with Gasteiger partial charge in [-0.05, 0) is 37.6 Å². The third-order valence-corrected chi connectivity index (χ3v) is 2.76. The largest absolute Gasteiger partial charge is 0.416 e. The van der Waals surface area contributed by atoms with Crippen molar-refractivity contribution in [2.45, 2.75) is 25.1 Å². The Kier molecular flexibility index (Phi) is 5.97. The van der Waals surface area contributed by atoms with E-state index in [0.717, 1.165) is 18.6 Å². The van der Waals surface area contributed by atoms with Crippen molar-refractivity contribution in [1.29, 1.82) is 0 Å². The predicted octanol–water partition coefficient (Wildman–Crippen LogP) is 1.50. The Morgan fingerprint density at radius 1 is 1.35 bits per heavy atom. The van der Waals surface area contributed by atoms with Crippen LogP contribution in [0.4, 0.5) is 13.2 Å². The van der Waals surface area contributed by atoms with Crippen molar-refractivity contribution < 1.29 is 18.0 Å². The standard InChI is InChI=1S/C13H18F3N3O/c14-13(15,16)10-4-1-3-9(7-10)12(20)19-8-11(18)5-2-6-17/h1,3-4,7,11H,2,5-6,8,17-18H2,(H,19,20)/t11-/m0/s1. The number of benzene rings is 1. The Bertz CT molecular complexity index is 449. The van der Waals surface area contributed by atoms with Crippen molar-refractivity contribution >= 4 is 5.91 Å². The molecule has 0 bridgehead atoms. The molecular weight excluding hydrogens is 271 g/mol. The molecule has 0 unspecified atom stereocenters. The topological polar surface area (TPSA) is 81.1 Å². The van der Waals surface area contributed by atoms with Gasteiger partial charge in [-0.15, -0.1) is 0 Å². The summed E-state index contributed by atoms with van der Waals surface area (Å²) in [6, 6.07) is 4.01. The Morgan fingerprint density at radius 2 is 2.05 bits per heavy atom. The van der Waals surface area contributed by atoms with Crippen LogP contribution in [0.2, 0.25) is 0 Å². The lowest BCUT2D eigenvalue weighted by Gasteiger charge is -2.13. The average molecular weight is 289 g/mol. The van der Waals surface area contributed by atoms with Crippen molar-refractivity contribution in [1.82, 2.24) is 5.32 Å². The first kappa shape index (κ1) is 16.5. The Hall–Kier alpha value is -1.60. The minimum absolute atomic E-state index is 0.0363. The summed E-state index contributed by atoms with van der Waals surface area (Å²) in [6.07, 6.45) is -3.08. The lowest BCUT2D eigenvalue weighted by atomic mass is 10.1. The van der Waals surface area contributed by atoms with Crippen LogP contribution in [0, 0.1) is 0 Å². The summed E-state index contributed by atoms with van der Waals surface area (Å²) >= 11 is 0. The highest BCUT2D eigenvalue weighted by molar-refractivity contribution is 5.94. The summed E-state index contributed by atoms with van der Waals surface area (Å²) in [4.78, 5) is 11.7. The van der Waals surface area contributed by atoms with Crippen LogP contribution in [0.15, 0.2) is 24.3 Å². The van der Waals surface area contributed by atoms with Gasteiger partial charge in [0.15, 0.2) is 0 Å². The lowest BCUT2D eigenvalue weighted by Crippen LogP contribution is -2.37. The number of hydrogen-bond acceptors (Lipinski definition) is 3. The van der Waals surface area contributed by atoms with Gasteiger partial charge in [-0.1, -0.05) is 6.07 Å². The van der Waals surface area contributed by atoms with Crippen molar-refractivity contribution in [2.75, 3.05) is 13.1 Å². The number of amides is 1. The van der Waals surface area contributed by atoms with Crippen LogP contribution in [0.1, 0.15) is 28.8 Å². The molecular formula is C13H18F3N3O. The molecule has 1 aromatic carbocycles. The second-order valence-electron chi connectivity index (χ2n) is 4.48. The molecule has 20 heavy (non-hydrogen) atoms. The summed E-state index contributed by atoms with van der Waals surface area (Å²) < 4.78 is 37.6. The van der Waals surface area contributed by atoms with Gasteiger partial charge in [0, 0.05) is 18.2 Å². The van der Waals surface area contributed by atoms with Crippen LogP contribution in [0.5, 0.6) is 0 Å². The fourth-order valence-electron chi connectivity index (χ4n) is 1.64. The van der Waals surface area contributed by atoms with Gasteiger partial charge >= 0.3 is 6.18 Å². The normalized spacial score (nSPS) is 13.1. The van der Waals surface area contributed by atoms with Gasteiger partial charge in [0.1, 0.15) is 0 Å². The second kappa shape index (κ2) is 7.25. The highest BCUT2D eigenvalue weighted by Gasteiger charge is 2.30. The van der Waals surface area contributed by atoms with Gasteiger partial charge < -0.3 is 16.8 Å². The van der Waals surface area contributed by atoms with Crippen LogP contribution in [0.3, 0.4) is 0 Å². The average Bonchev–Trinajstić information content (AvgIpc) is 2.41. The molecule has 5 N–H and O–H groups in total. The van der Waals surface area contributed by atoms with E-state index in [1.165, 1.54) is 12.1 Å². The molecule has 1 amide bonds. The maximum Gasteiger partial charge on any atom is 0.416 e. The van der Waals surface area contributed by atoms with E-state index in [0.29, 0.717) is 13.0 Å². The maximum absolute atomic E-state index is 12.5. The molecule has 0 radical (unpaired) electrons. The minimum atomic E-state index is -4.46. The van der Waals surface area contributed by atoms with Crippen LogP contribution >= 0.6 is 0 Å². The van der Waals surface area contributed by atoms with E-state index in [1.807, 2.05) is 0 Å². The molecule has 0 aliphatic rings. The monoisotopic (exact) mass is 289 g/mol. The first-order chi connectivity index (χ1) is 9.34. The molecule has 1 aromatic rings. The first-order valence-electron chi connectivity index (χ1n) is 6.25. The summed E-state index contributed by atoms with van der Waals surface area (Å²) in [7, 11) is 0. The molecule has 1 atom stereocenters. The highest BCUT2D eigenvalue weighted by atomic mass is 19.4. The van der Waals surface area contributed by atoms with E-state index in [4.69, 9.17) is 11.5 Å². The molecule has 0 heterocycles. The number of nitrogens with two attached hydrogens (primary N) is 2. The maximum atomic E-state index is 12.5. The molecule has 0 spiro atoms. The van der Waals surface area contributed by atoms with Crippen molar-refractivity contribution in [3.05, 3.63) is 35.4 Å². The fraction of sp³-hybridized carbons (Fsp3) is 0.462. The Balaban J connectivity index is 2.60. The molecule has 112 valence electrons. The number of alkyl halides is 3. The lowest BCUT2D eigenvalue weighted by molar-refractivity contribution is -0.137. The SMILES string of the molecule is NCCC[C@H](N)CNC(=O)c1cccc(C(F)(F)F)c1. The number of halogens is 3. The number of rotatable bonds is 6. The molecule has 0 aromatic heterocycles. The molecule has 7 heteroatoms. The Morgan fingerprint density at radius 3 is 2.65 bits per heavy atom. The molecule has 4 nitrogen and oxygen atoms in total. The molecule has 0 fully saturated rings. The van der Waals surface area contributed by atoms with E-state index in [9.17, 15) is 18.0 Å². The number of nitrogens with one attached hydrogen (secondary N) is 1. The van der Waals surface area contributed by atoms with Gasteiger partial charge in [-0.3, -0.25) is 4.79 Å². The summed E-state index contributed by atoms with van der Waals surface area (Å²) in [5.41, 5.74) is 10.2. The van der Waals surface area contributed by atoms with E-state index >= 15 is 0 Å². The number of carbonyl (C=O) groups is 1. The zero-order chi connectivity index (χ0) is 15.2. The Labute approximate surface area is 115 Å². The zero-order valence-electron chi connectivity index (χ0n) is 10.9. The molecule has 1 rings (SSSR count). The van der Waals surface area contributed by atoms with Gasteiger partial charge in [-0.25, -0.2) is 0 Å². The number of carbonyl (C=O) groups excluding carboxylic acids is 1. The van der Waals surface area contributed by atoms with Gasteiger partial charge in [0.25, 0.3) is 5.91 Å². The minimum Gasteiger partial charge on any atom is -0.350 e. The van der Waals surface area contributed by atoms with Crippen molar-refractivity contribution in [3.63, 3.8) is 0 Å². The van der Waals surface area contributed by atoms with Crippen LogP contribution in [0.25, 0.3) is 0 Å². The van der Waals surface area contributed by atoms with Crippen LogP contribution in [-0.2, 0) is 6.18 Å². The summed E-state index contributed by atoms with van der Waals surface area (Å²) in [6.45, 7) is 0.713. The molecule has 0 aliphatic carbocycles. The van der Waals surface area contributed by atoms with Crippen LogP contribution in [-0.4, -0.2) is 25.0 Å². The second-order valence-corrected chi connectivity index (χ2v) is 4.48. The van der Waals surface area contributed by atoms with Gasteiger partial charge in [0.2, 0.25) is 0 Å². The van der Waals surface area contributed by atoms with E-state index < -0.39 is 17.6 Å². The van der Waals surface area contributed by atoms with Gasteiger partial charge in [-0.2, -0.15) is 13.2 Å². The van der Waals surface area contributed by atoms with E-state index in [-0.39, 0.29) is 18.2 Å². The smallest absolute Gasteiger partial charge is 0.350 e. The summed E-state index contributed by atoms with van der Waals surface area (Å²) in [5, 5.41) is 2.51. The first-order valence-corrected chi connectivity index (χ1v) is 6.25. The predicted molar refractivity (Wildman–Crippen MR) is 70.0 cm³/mol. The highest BCUT2D eigenvalue weighted by Crippen LogP contribution is 2.29. The molecule has 0 saturated heterocycles. The summed E-state index contributed by atoms with van der Waals surface area (Å²) in [5.74, 6) is -0.570. The van der Waals surface area contributed by atoms with Crippen molar-refractivity contribution in [3.8, 4) is 0 Å². The van der Waals surface area contributed by atoms with Crippen molar-refractivity contribution in [2.24, 2.45) is 11.5 Å². The van der Waals surface area contributed by atoms with Crippen LogP contribution < -0.4 is 16.8 Å². The fourth-order valence-corrected chi connectivity index (χ4v) is 1.64.